The smallest absolute Gasteiger partial charge is 0.0543 e. The van der Waals surface area contributed by atoms with Crippen molar-refractivity contribution in [3.05, 3.63) is 11.6 Å². The molecule has 3 fully saturated rings. The first kappa shape index (κ1) is 21.0. The molecule has 28 heavy (non-hydrogen) atoms. The van der Waals surface area contributed by atoms with Gasteiger partial charge in [0.15, 0.2) is 0 Å². The van der Waals surface area contributed by atoms with Gasteiger partial charge in [0.05, 0.1) is 6.10 Å². The Hall–Kier alpha value is -0.300. The van der Waals surface area contributed by atoms with E-state index < -0.39 is 0 Å². The maximum Gasteiger partial charge on any atom is 0.0543 e. The molecular weight excluding hydrogens is 340 g/mol. The number of hydrogen-bond donors (Lipinski definition) is 1. The third-order valence-electron chi connectivity index (χ3n) is 10.3. The molecule has 4 aliphatic carbocycles. The molecule has 0 aliphatic heterocycles. The summed E-state index contributed by atoms with van der Waals surface area (Å²) in [6, 6.07) is 0. The maximum absolute atomic E-state index is 10.2. The summed E-state index contributed by atoms with van der Waals surface area (Å²) in [4.78, 5) is 0. The molecule has 0 spiro atoms. The van der Waals surface area contributed by atoms with Crippen molar-refractivity contribution in [3.63, 3.8) is 0 Å². The molecule has 8 atom stereocenters. The molecule has 1 nitrogen and oxygen atoms in total. The number of hydrogen-bond acceptors (Lipinski definition) is 1. The van der Waals surface area contributed by atoms with Crippen LogP contribution in [-0.2, 0) is 0 Å². The number of aliphatic hydroxyl groups is 1. The van der Waals surface area contributed by atoms with E-state index in [1.165, 1.54) is 57.8 Å². The highest BCUT2D eigenvalue weighted by Gasteiger charge is 2.58. The van der Waals surface area contributed by atoms with Gasteiger partial charge in [-0.1, -0.05) is 65.5 Å². The second-order valence-corrected chi connectivity index (χ2v) is 12.2. The summed E-state index contributed by atoms with van der Waals surface area (Å²) in [6.07, 6.45) is 17.2. The highest BCUT2D eigenvalue weighted by molar-refractivity contribution is 5.27. The molecule has 0 aromatic rings. The van der Waals surface area contributed by atoms with Crippen molar-refractivity contribution in [3.8, 4) is 0 Å². The third-order valence-corrected chi connectivity index (χ3v) is 10.3. The predicted molar refractivity (Wildman–Crippen MR) is 119 cm³/mol. The largest absolute Gasteiger partial charge is 0.393 e. The molecule has 0 aromatic heterocycles. The van der Waals surface area contributed by atoms with Crippen LogP contribution in [0.15, 0.2) is 11.6 Å². The fraction of sp³-hybridized carbons (Fsp3) is 0.926. The van der Waals surface area contributed by atoms with E-state index in [1.807, 2.05) is 5.57 Å². The molecule has 3 saturated carbocycles. The molecule has 0 heterocycles. The summed E-state index contributed by atoms with van der Waals surface area (Å²) in [5.41, 5.74) is 2.89. The fourth-order valence-corrected chi connectivity index (χ4v) is 8.51. The van der Waals surface area contributed by atoms with Crippen molar-refractivity contribution >= 4 is 0 Å². The third kappa shape index (κ3) is 3.42. The van der Waals surface area contributed by atoms with Crippen LogP contribution in [0.3, 0.4) is 0 Å². The molecule has 160 valence electrons. The molecule has 1 N–H and O–H groups in total. The van der Waals surface area contributed by atoms with Crippen molar-refractivity contribution < 1.29 is 5.11 Å². The standard InChI is InChI=1S/C27H46O/c1-18(2)7-6-8-19(3)23-11-12-24-22-10-9-20-17-21(28)13-15-26(20,4)25(22)14-16-27(23,24)5/h10,18-21,23-25,28H,6-9,11-17H2,1-5H3/t19-,20+,21-,23+,24-,25+,26+,27-/m1/s1. The zero-order valence-electron chi connectivity index (χ0n) is 19.3. The minimum atomic E-state index is -0.0376. The van der Waals surface area contributed by atoms with Crippen LogP contribution in [0.5, 0.6) is 0 Å². The Morgan fingerprint density at radius 3 is 2.43 bits per heavy atom. The lowest BCUT2D eigenvalue weighted by molar-refractivity contribution is -0.0427. The lowest BCUT2D eigenvalue weighted by atomic mass is 9.47. The minimum Gasteiger partial charge on any atom is -0.393 e. The summed E-state index contributed by atoms with van der Waals surface area (Å²) in [5, 5.41) is 10.2. The summed E-state index contributed by atoms with van der Waals surface area (Å²) in [5.74, 6) is 5.07. The molecular formula is C27H46O. The molecule has 0 unspecified atom stereocenters. The van der Waals surface area contributed by atoms with Crippen LogP contribution in [-0.4, -0.2) is 11.2 Å². The molecule has 0 amide bonds. The van der Waals surface area contributed by atoms with Gasteiger partial charge in [0.25, 0.3) is 0 Å². The van der Waals surface area contributed by atoms with Gasteiger partial charge < -0.3 is 5.11 Å². The highest BCUT2D eigenvalue weighted by Crippen LogP contribution is 2.66. The van der Waals surface area contributed by atoms with Gasteiger partial charge in [-0.3, -0.25) is 0 Å². The summed E-state index contributed by atoms with van der Waals surface area (Å²) in [7, 11) is 0. The average Bonchev–Trinajstić information content (AvgIpc) is 2.99. The summed E-state index contributed by atoms with van der Waals surface area (Å²) in [6.45, 7) is 12.6. The van der Waals surface area contributed by atoms with Gasteiger partial charge in [-0.15, -0.1) is 0 Å². The zero-order chi connectivity index (χ0) is 20.1. The average molecular weight is 387 g/mol. The van der Waals surface area contributed by atoms with Gasteiger partial charge in [0.1, 0.15) is 0 Å². The maximum atomic E-state index is 10.2. The molecule has 1 heteroatoms. The molecule has 0 radical (unpaired) electrons. The molecule has 0 aromatic carbocycles. The quantitative estimate of drug-likeness (QED) is 0.488. The van der Waals surface area contributed by atoms with E-state index >= 15 is 0 Å². The minimum absolute atomic E-state index is 0.0376. The molecule has 0 bridgehead atoms. The molecule has 4 rings (SSSR count). The van der Waals surface area contributed by atoms with Gasteiger partial charge in [-0.2, -0.15) is 0 Å². The Morgan fingerprint density at radius 2 is 1.68 bits per heavy atom. The molecule has 0 saturated heterocycles. The number of aliphatic hydroxyl groups excluding tert-OH is 1. The Kier molecular flexibility index (Phi) is 5.80. The van der Waals surface area contributed by atoms with Gasteiger partial charge in [-0.05, 0) is 97.7 Å². The number of rotatable bonds is 5. The van der Waals surface area contributed by atoms with Gasteiger partial charge in [0.2, 0.25) is 0 Å². The van der Waals surface area contributed by atoms with E-state index in [0.29, 0.717) is 10.8 Å². The first-order valence-electron chi connectivity index (χ1n) is 12.6. The van der Waals surface area contributed by atoms with Crippen molar-refractivity contribution in [2.45, 2.75) is 111 Å². The van der Waals surface area contributed by atoms with Gasteiger partial charge in [-0.25, -0.2) is 0 Å². The first-order chi connectivity index (χ1) is 13.3. The Morgan fingerprint density at radius 1 is 0.964 bits per heavy atom. The Labute approximate surface area is 174 Å². The fourth-order valence-electron chi connectivity index (χ4n) is 8.51. The lowest BCUT2D eigenvalue weighted by Crippen LogP contribution is -2.49. The number of allylic oxidation sites excluding steroid dienone is 2. The SMILES string of the molecule is CC(C)CCC[C@@H](C)[C@@H]1CC[C@@H]2C3=CC[C@H]4C[C@H](O)CC[C@]4(C)[C@H]3CC[C@@]21C. The van der Waals surface area contributed by atoms with Crippen molar-refractivity contribution in [1.29, 1.82) is 0 Å². The van der Waals surface area contributed by atoms with Crippen molar-refractivity contribution in [2.24, 2.45) is 46.3 Å². The zero-order valence-corrected chi connectivity index (χ0v) is 19.3. The Balaban J connectivity index is 1.50. The first-order valence-corrected chi connectivity index (χ1v) is 12.6. The Bertz CT molecular complexity index is 591. The lowest BCUT2D eigenvalue weighted by Gasteiger charge is -2.57. The predicted octanol–water partition coefficient (Wildman–Crippen LogP) is 7.39. The van der Waals surface area contributed by atoms with E-state index in [4.69, 9.17) is 0 Å². The summed E-state index contributed by atoms with van der Waals surface area (Å²) < 4.78 is 0. The van der Waals surface area contributed by atoms with Crippen LogP contribution in [0.25, 0.3) is 0 Å². The van der Waals surface area contributed by atoms with E-state index in [9.17, 15) is 5.11 Å². The van der Waals surface area contributed by atoms with E-state index in [-0.39, 0.29) is 6.10 Å². The van der Waals surface area contributed by atoms with E-state index in [0.717, 1.165) is 48.3 Å². The monoisotopic (exact) mass is 386 g/mol. The highest BCUT2D eigenvalue weighted by atomic mass is 16.3. The van der Waals surface area contributed by atoms with E-state index in [1.54, 1.807) is 0 Å². The van der Waals surface area contributed by atoms with Crippen molar-refractivity contribution in [2.75, 3.05) is 0 Å². The summed E-state index contributed by atoms with van der Waals surface area (Å²) >= 11 is 0. The molecule has 4 aliphatic rings. The van der Waals surface area contributed by atoms with Crippen LogP contribution >= 0.6 is 0 Å². The normalized spacial score (nSPS) is 46.5. The topological polar surface area (TPSA) is 20.2 Å². The van der Waals surface area contributed by atoms with Gasteiger partial charge in [0, 0.05) is 0 Å². The van der Waals surface area contributed by atoms with Gasteiger partial charge >= 0.3 is 0 Å². The van der Waals surface area contributed by atoms with Crippen LogP contribution < -0.4 is 0 Å². The second kappa shape index (κ2) is 7.75. The van der Waals surface area contributed by atoms with E-state index in [2.05, 4.69) is 40.7 Å². The number of fused-ring (bicyclic) bond motifs is 5. The second-order valence-electron chi connectivity index (χ2n) is 12.2. The van der Waals surface area contributed by atoms with Crippen LogP contribution in [0.1, 0.15) is 105 Å². The van der Waals surface area contributed by atoms with Crippen LogP contribution in [0, 0.1) is 46.3 Å². The van der Waals surface area contributed by atoms with Crippen molar-refractivity contribution in [1.82, 2.24) is 0 Å². The van der Waals surface area contributed by atoms with Crippen LogP contribution in [0.2, 0.25) is 0 Å². The van der Waals surface area contributed by atoms with Crippen LogP contribution in [0.4, 0.5) is 0 Å².